The van der Waals surface area contributed by atoms with Crippen molar-refractivity contribution in [2.75, 3.05) is 26.4 Å². The van der Waals surface area contributed by atoms with Crippen LogP contribution in [0.5, 0.6) is 0 Å². The molecule has 1 saturated carbocycles. The Morgan fingerprint density at radius 1 is 1.48 bits per heavy atom. The Balaban J connectivity index is 2.07. The summed E-state index contributed by atoms with van der Waals surface area (Å²) in [6.45, 7) is 3.69. The highest BCUT2D eigenvalue weighted by atomic mass is 16.5. The van der Waals surface area contributed by atoms with Gasteiger partial charge in [-0.2, -0.15) is 0 Å². The first-order valence-electron chi connectivity index (χ1n) is 7.71. The van der Waals surface area contributed by atoms with E-state index in [1.807, 2.05) is 11.5 Å². The Bertz CT molecular complexity index is 492. The van der Waals surface area contributed by atoms with Crippen LogP contribution in [-0.4, -0.2) is 47.2 Å². The number of likely N-dealkylation sites (N-methyl/N-ethyl adjacent to an activating group) is 1. The van der Waals surface area contributed by atoms with E-state index in [9.17, 15) is 4.79 Å². The normalized spacial score (nSPS) is 15.8. The largest absolute Gasteiger partial charge is 0.464 e. The maximum absolute atomic E-state index is 11.7. The van der Waals surface area contributed by atoms with Crippen molar-refractivity contribution in [3.8, 4) is 0 Å². The number of carbonyl (C=O) groups is 1. The molecule has 0 bridgehead atoms. The van der Waals surface area contributed by atoms with Gasteiger partial charge in [0.05, 0.1) is 7.11 Å². The number of anilines is 1. The maximum Gasteiger partial charge on any atom is 0.360 e. The molecule has 0 unspecified atom stereocenters. The molecule has 0 amide bonds. The number of nitrogens with two attached hydrogens (primary N) is 1. The average molecular weight is 294 g/mol. The lowest BCUT2D eigenvalue weighted by Gasteiger charge is -2.24. The highest BCUT2D eigenvalue weighted by Crippen LogP contribution is 2.23. The zero-order valence-electron chi connectivity index (χ0n) is 13.3. The number of esters is 1. The number of imidazole rings is 1. The minimum atomic E-state index is -0.468. The van der Waals surface area contributed by atoms with Crippen LogP contribution in [0.3, 0.4) is 0 Å². The molecule has 1 fully saturated rings. The molecule has 2 rings (SSSR count). The zero-order chi connectivity index (χ0) is 15.4. The minimum Gasteiger partial charge on any atom is -0.464 e. The third-order valence-corrected chi connectivity index (χ3v) is 4.41. The Labute approximate surface area is 126 Å². The molecule has 21 heavy (non-hydrogen) atoms. The third-order valence-electron chi connectivity index (χ3n) is 4.41. The second kappa shape index (κ2) is 6.93. The average Bonchev–Trinajstić information content (AvgIpc) is 3.12. The van der Waals surface area contributed by atoms with Crippen LogP contribution in [0.15, 0.2) is 0 Å². The maximum atomic E-state index is 11.7. The molecular formula is C15H26N4O2. The Kier molecular flexibility index (Phi) is 5.22. The molecular weight excluding hydrogens is 268 g/mol. The summed E-state index contributed by atoms with van der Waals surface area (Å²) in [4.78, 5) is 18.4. The standard InChI is InChI=1S/C15H26N4O2/c1-4-12-17-13(15(20)21-3)14(16)19(12)10-9-18(2)11-7-5-6-8-11/h11H,4-10,16H2,1-3H3. The number of methoxy groups -OCH3 is 1. The van der Waals surface area contributed by atoms with Gasteiger partial charge < -0.3 is 19.9 Å². The molecule has 1 aliphatic carbocycles. The molecule has 6 nitrogen and oxygen atoms in total. The number of aromatic nitrogens is 2. The topological polar surface area (TPSA) is 73.4 Å². The van der Waals surface area contributed by atoms with Crippen molar-refractivity contribution in [3.05, 3.63) is 11.5 Å². The van der Waals surface area contributed by atoms with Crippen LogP contribution in [-0.2, 0) is 17.7 Å². The summed E-state index contributed by atoms with van der Waals surface area (Å²) in [6, 6.07) is 0.680. The second-order valence-corrected chi connectivity index (χ2v) is 5.68. The first kappa shape index (κ1) is 15.8. The van der Waals surface area contributed by atoms with Gasteiger partial charge in [0.25, 0.3) is 0 Å². The number of hydrogen-bond donors (Lipinski definition) is 1. The predicted molar refractivity (Wildman–Crippen MR) is 82.2 cm³/mol. The van der Waals surface area contributed by atoms with E-state index in [0.717, 1.165) is 25.3 Å². The monoisotopic (exact) mass is 294 g/mol. The van der Waals surface area contributed by atoms with Gasteiger partial charge in [-0.1, -0.05) is 19.8 Å². The van der Waals surface area contributed by atoms with Crippen molar-refractivity contribution in [1.82, 2.24) is 14.5 Å². The Morgan fingerprint density at radius 2 is 2.14 bits per heavy atom. The highest BCUT2D eigenvalue weighted by Gasteiger charge is 2.22. The minimum absolute atomic E-state index is 0.234. The van der Waals surface area contributed by atoms with Crippen LogP contribution in [0, 0.1) is 0 Å². The second-order valence-electron chi connectivity index (χ2n) is 5.68. The highest BCUT2D eigenvalue weighted by molar-refractivity contribution is 5.92. The number of carbonyl (C=O) groups excluding carboxylic acids is 1. The lowest BCUT2D eigenvalue weighted by atomic mass is 10.2. The van der Waals surface area contributed by atoms with Gasteiger partial charge in [0.1, 0.15) is 11.6 Å². The molecule has 1 aliphatic rings. The molecule has 0 aromatic carbocycles. The number of aryl methyl sites for hydroxylation is 1. The van der Waals surface area contributed by atoms with Gasteiger partial charge in [0.15, 0.2) is 5.69 Å². The molecule has 2 N–H and O–H groups in total. The third kappa shape index (κ3) is 3.37. The van der Waals surface area contributed by atoms with Gasteiger partial charge in [-0.25, -0.2) is 9.78 Å². The first-order chi connectivity index (χ1) is 10.1. The van der Waals surface area contributed by atoms with E-state index < -0.39 is 5.97 Å². The van der Waals surface area contributed by atoms with Crippen molar-refractivity contribution in [3.63, 3.8) is 0 Å². The zero-order valence-corrected chi connectivity index (χ0v) is 13.3. The van der Waals surface area contributed by atoms with Gasteiger partial charge in [-0.3, -0.25) is 0 Å². The van der Waals surface area contributed by atoms with Crippen molar-refractivity contribution in [2.45, 2.75) is 51.6 Å². The molecule has 0 atom stereocenters. The number of nitrogens with zero attached hydrogens (tertiary/aromatic N) is 3. The fourth-order valence-electron chi connectivity index (χ4n) is 3.07. The summed E-state index contributed by atoms with van der Waals surface area (Å²) in [6.07, 6.45) is 5.96. The fourth-order valence-corrected chi connectivity index (χ4v) is 3.07. The van der Waals surface area contributed by atoms with E-state index in [4.69, 9.17) is 10.5 Å². The van der Waals surface area contributed by atoms with Crippen LogP contribution in [0.4, 0.5) is 5.82 Å². The molecule has 1 aromatic heterocycles. The SMILES string of the molecule is CCc1nc(C(=O)OC)c(N)n1CCN(C)C1CCCC1. The number of nitrogen functional groups attached to an aromatic ring is 1. The molecule has 0 spiro atoms. The molecule has 1 heterocycles. The molecule has 118 valence electrons. The summed E-state index contributed by atoms with van der Waals surface area (Å²) in [5, 5.41) is 0. The smallest absolute Gasteiger partial charge is 0.360 e. The van der Waals surface area contributed by atoms with Gasteiger partial charge in [-0.05, 0) is 19.9 Å². The lowest BCUT2D eigenvalue weighted by molar-refractivity contribution is 0.0595. The first-order valence-corrected chi connectivity index (χ1v) is 7.71. The summed E-state index contributed by atoms with van der Waals surface area (Å²) in [5.74, 6) is 0.788. The van der Waals surface area contributed by atoms with Crippen LogP contribution < -0.4 is 5.73 Å². The molecule has 0 saturated heterocycles. The van der Waals surface area contributed by atoms with Crippen LogP contribution in [0.2, 0.25) is 0 Å². The van der Waals surface area contributed by atoms with Gasteiger partial charge in [-0.15, -0.1) is 0 Å². The van der Waals surface area contributed by atoms with E-state index in [-0.39, 0.29) is 5.69 Å². The fraction of sp³-hybridized carbons (Fsp3) is 0.733. The Hall–Kier alpha value is -1.56. The van der Waals surface area contributed by atoms with Crippen molar-refractivity contribution >= 4 is 11.8 Å². The summed E-state index contributed by atoms with van der Waals surface area (Å²) >= 11 is 0. The Morgan fingerprint density at radius 3 is 2.71 bits per heavy atom. The van der Waals surface area contributed by atoms with Crippen molar-refractivity contribution in [1.29, 1.82) is 0 Å². The van der Waals surface area contributed by atoms with Crippen molar-refractivity contribution < 1.29 is 9.53 Å². The van der Waals surface area contributed by atoms with Crippen LogP contribution in [0.1, 0.15) is 48.9 Å². The van der Waals surface area contributed by atoms with Gasteiger partial charge >= 0.3 is 5.97 Å². The van der Waals surface area contributed by atoms with Crippen LogP contribution in [0.25, 0.3) is 0 Å². The molecule has 1 aromatic rings. The van der Waals surface area contributed by atoms with E-state index in [1.54, 1.807) is 0 Å². The summed E-state index contributed by atoms with van der Waals surface area (Å²) in [7, 11) is 3.51. The molecule has 0 radical (unpaired) electrons. The number of ether oxygens (including phenoxy) is 1. The summed E-state index contributed by atoms with van der Waals surface area (Å²) in [5.41, 5.74) is 6.31. The van der Waals surface area contributed by atoms with E-state index in [0.29, 0.717) is 11.9 Å². The van der Waals surface area contributed by atoms with Gasteiger partial charge in [0.2, 0.25) is 0 Å². The number of hydrogen-bond acceptors (Lipinski definition) is 5. The molecule has 0 aliphatic heterocycles. The molecule has 6 heteroatoms. The van der Waals surface area contributed by atoms with E-state index >= 15 is 0 Å². The number of rotatable bonds is 6. The predicted octanol–water partition coefficient (Wildman–Crippen LogP) is 1.69. The summed E-state index contributed by atoms with van der Waals surface area (Å²) < 4.78 is 6.67. The van der Waals surface area contributed by atoms with Crippen LogP contribution >= 0.6 is 0 Å². The lowest BCUT2D eigenvalue weighted by Crippen LogP contribution is -2.32. The van der Waals surface area contributed by atoms with Gasteiger partial charge in [0, 0.05) is 25.6 Å². The van der Waals surface area contributed by atoms with E-state index in [1.165, 1.54) is 32.8 Å². The quantitative estimate of drug-likeness (QED) is 0.808. The van der Waals surface area contributed by atoms with Crippen molar-refractivity contribution in [2.24, 2.45) is 0 Å². The van der Waals surface area contributed by atoms with E-state index in [2.05, 4.69) is 16.9 Å².